The van der Waals surface area contributed by atoms with E-state index in [4.69, 9.17) is 0 Å². The number of carbonyl (C=O) groups excluding carboxylic acids is 1. The van der Waals surface area contributed by atoms with Crippen LogP contribution >= 0.6 is 0 Å². The molecule has 2 fully saturated rings. The van der Waals surface area contributed by atoms with Crippen LogP contribution in [0.3, 0.4) is 0 Å². The third kappa shape index (κ3) is 3.30. The number of carbonyl (C=O) groups is 1. The van der Waals surface area contributed by atoms with E-state index in [0.717, 1.165) is 25.2 Å². The molecule has 86 valence electrons. The SMILES string of the molecule is CC1CCCN(CC2CCCC(=O)C2)C1. The Labute approximate surface area is 93.0 Å². The molecule has 2 aliphatic rings. The minimum Gasteiger partial charge on any atom is -0.303 e. The number of rotatable bonds is 2. The Bertz CT molecular complexity index is 227. The van der Waals surface area contributed by atoms with E-state index < -0.39 is 0 Å². The van der Waals surface area contributed by atoms with Crippen molar-refractivity contribution in [1.82, 2.24) is 4.90 Å². The molecule has 0 aromatic rings. The molecule has 1 aliphatic heterocycles. The van der Waals surface area contributed by atoms with E-state index in [-0.39, 0.29) is 0 Å². The Kier molecular flexibility index (Phi) is 3.79. The monoisotopic (exact) mass is 209 g/mol. The molecule has 2 nitrogen and oxygen atoms in total. The van der Waals surface area contributed by atoms with Gasteiger partial charge in [0.15, 0.2) is 0 Å². The van der Waals surface area contributed by atoms with E-state index in [0.29, 0.717) is 11.7 Å². The van der Waals surface area contributed by atoms with Crippen LogP contribution in [-0.4, -0.2) is 30.3 Å². The summed E-state index contributed by atoms with van der Waals surface area (Å²) in [5.41, 5.74) is 0. The third-order valence-corrected chi connectivity index (χ3v) is 3.84. The maximum Gasteiger partial charge on any atom is 0.133 e. The summed E-state index contributed by atoms with van der Waals surface area (Å²) < 4.78 is 0. The van der Waals surface area contributed by atoms with Crippen LogP contribution in [0.15, 0.2) is 0 Å². The summed E-state index contributed by atoms with van der Waals surface area (Å²) in [6.45, 7) is 6.04. The van der Waals surface area contributed by atoms with Gasteiger partial charge in [0, 0.05) is 25.9 Å². The fourth-order valence-corrected chi connectivity index (χ4v) is 3.09. The highest BCUT2D eigenvalue weighted by Crippen LogP contribution is 2.24. The van der Waals surface area contributed by atoms with Crippen molar-refractivity contribution in [2.75, 3.05) is 19.6 Å². The predicted octanol–water partition coefficient (Wildman–Crippen LogP) is 2.48. The zero-order chi connectivity index (χ0) is 10.7. The van der Waals surface area contributed by atoms with Gasteiger partial charge in [-0.2, -0.15) is 0 Å². The first-order valence-corrected chi connectivity index (χ1v) is 6.48. The summed E-state index contributed by atoms with van der Waals surface area (Å²) >= 11 is 0. The van der Waals surface area contributed by atoms with E-state index in [2.05, 4.69) is 11.8 Å². The quantitative estimate of drug-likeness (QED) is 0.696. The van der Waals surface area contributed by atoms with Crippen molar-refractivity contribution in [3.63, 3.8) is 0 Å². The largest absolute Gasteiger partial charge is 0.303 e. The lowest BCUT2D eigenvalue weighted by Gasteiger charge is -2.34. The molecule has 1 saturated heterocycles. The van der Waals surface area contributed by atoms with Crippen LogP contribution in [0.25, 0.3) is 0 Å². The van der Waals surface area contributed by atoms with Crippen molar-refractivity contribution in [3.8, 4) is 0 Å². The van der Waals surface area contributed by atoms with Crippen molar-refractivity contribution >= 4 is 5.78 Å². The minimum atomic E-state index is 0.497. The van der Waals surface area contributed by atoms with Crippen molar-refractivity contribution in [3.05, 3.63) is 0 Å². The molecule has 0 aromatic carbocycles. The van der Waals surface area contributed by atoms with Gasteiger partial charge < -0.3 is 4.90 Å². The number of nitrogens with zero attached hydrogens (tertiary/aromatic N) is 1. The normalized spacial score (nSPS) is 34.3. The van der Waals surface area contributed by atoms with Gasteiger partial charge >= 0.3 is 0 Å². The third-order valence-electron chi connectivity index (χ3n) is 3.84. The second-order valence-corrected chi connectivity index (χ2v) is 5.51. The van der Waals surface area contributed by atoms with Crippen LogP contribution in [-0.2, 0) is 4.79 Å². The first-order valence-electron chi connectivity index (χ1n) is 6.48. The first kappa shape index (κ1) is 11.1. The molecule has 2 atom stereocenters. The van der Waals surface area contributed by atoms with Crippen LogP contribution < -0.4 is 0 Å². The Hall–Kier alpha value is -0.370. The molecule has 1 heterocycles. The second-order valence-electron chi connectivity index (χ2n) is 5.51. The van der Waals surface area contributed by atoms with Crippen LogP contribution in [0.1, 0.15) is 45.4 Å². The lowest BCUT2D eigenvalue weighted by molar-refractivity contribution is -0.121. The minimum absolute atomic E-state index is 0.497. The lowest BCUT2D eigenvalue weighted by Crippen LogP contribution is -2.38. The Morgan fingerprint density at radius 2 is 2.20 bits per heavy atom. The average Bonchev–Trinajstić information content (AvgIpc) is 2.17. The van der Waals surface area contributed by atoms with Gasteiger partial charge in [0.1, 0.15) is 5.78 Å². The summed E-state index contributed by atoms with van der Waals surface area (Å²) in [5.74, 6) is 2.02. The van der Waals surface area contributed by atoms with Gasteiger partial charge in [0.25, 0.3) is 0 Å². The van der Waals surface area contributed by atoms with Gasteiger partial charge in [-0.3, -0.25) is 4.79 Å². The molecule has 0 bridgehead atoms. The molecule has 0 amide bonds. The van der Waals surface area contributed by atoms with Gasteiger partial charge in [-0.05, 0) is 44.1 Å². The summed E-state index contributed by atoms with van der Waals surface area (Å²) in [4.78, 5) is 13.9. The first-order chi connectivity index (χ1) is 7.24. The summed E-state index contributed by atoms with van der Waals surface area (Å²) in [6, 6.07) is 0. The molecular formula is C13H23NO. The zero-order valence-corrected chi connectivity index (χ0v) is 9.87. The maximum atomic E-state index is 11.4. The highest BCUT2D eigenvalue weighted by molar-refractivity contribution is 5.79. The molecule has 0 radical (unpaired) electrons. The molecule has 0 aromatic heterocycles. The smallest absolute Gasteiger partial charge is 0.133 e. The predicted molar refractivity (Wildman–Crippen MR) is 61.8 cm³/mol. The zero-order valence-electron chi connectivity index (χ0n) is 9.87. The number of hydrogen-bond acceptors (Lipinski definition) is 2. The van der Waals surface area contributed by atoms with Crippen LogP contribution in [0.2, 0.25) is 0 Å². The number of piperidine rings is 1. The Balaban J connectivity index is 1.77. The van der Waals surface area contributed by atoms with E-state index in [1.54, 1.807) is 0 Å². The molecule has 0 N–H and O–H groups in total. The molecule has 1 saturated carbocycles. The van der Waals surface area contributed by atoms with E-state index in [9.17, 15) is 4.79 Å². The fourth-order valence-electron chi connectivity index (χ4n) is 3.09. The summed E-state index contributed by atoms with van der Waals surface area (Å²) in [6.07, 6.45) is 6.84. The molecular weight excluding hydrogens is 186 g/mol. The Morgan fingerprint density at radius 1 is 1.33 bits per heavy atom. The lowest BCUT2D eigenvalue weighted by atomic mass is 9.87. The molecule has 0 spiro atoms. The number of ketones is 1. The topological polar surface area (TPSA) is 20.3 Å². The fraction of sp³-hybridized carbons (Fsp3) is 0.923. The van der Waals surface area contributed by atoms with Crippen LogP contribution in [0, 0.1) is 11.8 Å². The number of likely N-dealkylation sites (tertiary alicyclic amines) is 1. The van der Waals surface area contributed by atoms with Gasteiger partial charge in [-0.25, -0.2) is 0 Å². The summed E-state index contributed by atoms with van der Waals surface area (Å²) in [7, 11) is 0. The van der Waals surface area contributed by atoms with Gasteiger partial charge in [0.2, 0.25) is 0 Å². The Morgan fingerprint density at radius 3 is 2.93 bits per heavy atom. The van der Waals surface area contributed by atoms with Crippen LogP contribution in [0.4, 0.5) is 0 Å². The van der Waals surface area contributed by atoms with E-state index in [1.807, 2.05) is 0 Å². The second kappa shape index (κ2) is 5.11. The number of hydrogen-bond donors (Lipinski definition) is 0. The molecule has 1 aliphatic carbocycles. The van der Waals surface area contributed by atoms with Crippen LogP contribution in [0.5, 0.6) is 0 Å². The summed E-state index contributed by atoms with van der Waals surface area (Å²) in [5, 5.41) is 0. The van der Waals surface area contributed by atoms with Crippen molar-refractivity contribution in [1.29, 1.82) is 0 Å². The van der Waals surface area contributed by atoms with Crippen molar-refractivity contribution < 1.29 is 4.79 Å². The van der Waals surface area contributed by atoms with E-state index in [1.165, 1.54) is 38.9 Å². The highest BCUT2D eigenvalue weighted by atomic mass is 16.1. The van der Waals surface area contributed by atoms with Crippen molar-refractivity contribution in [2.24, 2.45) is 11.8 Å². The average molecular weight is 209 g/mol. The van der Waals surface area contributed by atoms with Gasteiger partial charge in [-0.1, -0.05) is 6.92 Å². The van der Waals surface area contributed by atoms with Gasteiger partial charge in [-0.15, -0.1) is 0 Å². The van der Waals surface area contributed by atoms with Gasteiger partial charge in [0.05, 0.1) is 0 Å². The molecule has 2 unspecified atom stereocenters. The molecule has 2 heteroatoms. The molecule has 15 heavy (non-hydrogen) atoms. The van der Waals surface area contributed by atoms with E-state index >= 15 is 0 Å². The number of Topliss-reactive ketones (excluding diaryl/α,β-unsaturated/α-hetero) is 1. The molecule has 2 rings (SSSR count). The van der Waals surface area contributed by atoms with Crippen molar-refractivity contribution in [2.45, 2.75) is 45.4 Å². The maximum absolute atomic E-state index is 11.4. The standard InChI is InChI=1S/C13H23NO/c1-11-4-3-7-14(9-11)10-12-5-2-6-13(15)8-12/h11-12H,2-10H2,1H3. The highest BCUT2D eigenvalue weighted by Gasteiger charge is 2.23.